The van der Waals surface area contributed by atoms with Crippen molar-refractivity contribution in [1.82, 2.24) is 0 Å². The summed E-state index contributed by atoms with van der Waals surface area (Å²) in [6, 6.07) is 10.0. The minimum atomic E-state index is 0.503. The first-order valence-electron chi connectivity index (χ1n) is 4.51. The van der Waals surface area contributed by atoms with Gasteiger partial charge in [0.2, 0.25) is 0 Å². The van der Waals surface area contributed by atoms with Crippen molar-refractivity contribution in [2.75, 3.05) is 13.7 Å². The molecule has 1 aromatic rings. The summed E-state index contributed by atoms with van der Waals surface area (Å²) in [6.07, 6.45) is 0. The van der Waals surface area contributed by atoms with Gasteiger partial charge in [-0.3, -0.25) is 0 Å². The van der Waals surface area contributed by atoms with Gasteiger partial charge in [-0.1, -0.05) is 35.5 Å². The molecule has 0 heterocycles. The fraction of sp³-hybridized carbons (Fsp3) is 0.364. The number of hydrogen-bond acceptors (Lipinski definition) is 3. The topological polar surface area (TPSA) is 30.8 Å². The van der Waals surface area contributed by atoms with Crippen molar-refractivity contribution in [1.29, 1.82) is 0 Å². The minimum Gasteiger partial charge on any atom is -0.399 e. The monoisotopic (exact) mass is 193 g/mol. The molecule has 0 amide bonds. The van der Waals surface area contributed by atoms with Gasteiger partial charge in [-0.25, -0.2) is 0 Å². The Labute approximate surface area is 84.3 Å². The first kappa shape index (κ1) is 10.7. The molecule has 0 atom stereocenters. The van der Waals surface area contributed by atoms with Crippen LogP contribution in [0.4, 0.5) is 0 Å². The van der Waals surface area contributed by atoms with Crippen molar-refractivity contribution in [3.05, 3.63) is 35.9 Å². The zero-order valence-corrected chi connectivity index (χ0v) is 8.56. The maximum absolute atomic E-state index is 5.42. The van der Waals surface area contributed by atoms with Crippen molar-refractivity contribution in [2.45, 2.75) is 13.5 Å². The molecule has 0 radical (unpaired) electrons. The van der Waals surface area contributed by atoms with Gasteiger partial charge < -0.3 is 9.57 Å². The van der Waals surface area contributed by atoms with Gasteiger partial charge in [-0.2, -0.15) is 0 Å². The first-order valence-corrected chi connectivity index (χ1v) is 4.51. The van der Waals surface area contributed by atoms with Crippen LogP contribution in [0.15, 0.2) is 35.5 Å². The molecule has 0 aliphatic rings. The molecule has 0 spiro atoms. The molecule has 0 fully saturated rings. The third-order valence-corrected chi connectivity index (χ3v) is 1.67. The normalized spacial score (nSPS) is 11.4. The smallest absolute Gasteiger partial charge is 0.106 e. The van der Waals surface area contributed by atoms with Crippen LogP contribution in [0.3, 0.4) is 0 Å². The van der Waals surface area contributed by atoms with E-state index in [0.29, 0.717) is 13.2 Å². The molecule has 14 heavy (non-hydrogen) atoms. The minimum absolute atomic E-state index is 0.503. The highest BCUT2D eigenvalue weighted by Crippen LogP contribution is 2.00. The number of rotatable bonds is 5. The fourth-order valence-corrected chi connectivity index (χ4v) is 1.07. The van der Waals surface area contributed by atoms with Crippen LogP contribution in [0.1, 0.15) is 12.5 Å². The van der Waals surface area contributed by atoms with Crippen LogP contribution >= 0.6 is 0 Å². The third kappa shape index (κ3) is 4.05. The summed E-state index contributed by atoms with van der Waals surface area (Å²) in [6.45, 7) is 2.98. The van der Waals surface area contributed by atoms with E-state index >= 15 is 0 Å². The molecule has 3 nitrogen and oxygen atoms in total. The summed E-state index contributed by atoms with van der Waals surface area (Å²) < 4.78 is 5.42. The third-order valence-electron chi connectivity index (χ3n) is 1.67. The predicted molar refractivity (Wildman–Crippen MR) is 56.2 cm³/mol. The lowest BCUT2D eigenvalue weighted by Crippen LogP contribution is -2.05. The first-order chi connectivity index (χ1) is 6.83. The molecule has 0 N–H and O–H groups in total. The predicted octanol–water partition coefficient (Wildman–Crippen LogP) is 2.23. The van der Waals surface area contributed by atoms with E-state index in [4.69, 9.17) is 4.74 Å². The Morgan fingerprint density at radius 1 is 1.29 bits per heavy atom. The number of ether oxygens (including phenoxy) is 1. The van der Waals surface area contributed by atoms with E-state index in [1.807, 2.05) is 37.3 Å². The van der Waals surface area contributed by atoms with Crippen molar-refractivity contribution in [3.8, 4) is 0 Å². The number of benzene rings is 1. The lowest BCUT2D eigenvalue weighted by molar-refractivity contribution is 0.150. The summed E-state index contributed by atoms with van der Waals surface area (Å²) in [5.41, 5.74) is 2.00. The summed E-state index contributed by atoms with van der Waals surface area (Å²) in [4.78, 5) is 4.61. The van der Waals surface area contributed by atoms with Crippen molar-refractivity contribution in [2.24, 2.45) is 5.16 Å². The second-order valence-corrected chi connectivity index (χ2v) is 2.99. The van der Waals surface area contributed by atoms with Crippen molar-refractivity contribution >= 4 is 5.71 Å². The van der Waals surface area contributed by atoms with Crippen molar-refractivity contribution < 1.29 is 9.57 Å². The maximum Gasteiger partial charge on any atom is 0.106 e. The van der Waals surface area contributed by atoms with Gasteiger partial charge >= 0.3 is 0 Å². The lowest BCUT2D eigenvalue weighted by Gasteiger charge is -2.03. The summed E-state index contributed by atoms with van der Waals surface area (Å²) in [5, 5.41) is 3.75. The van der Waals surface area contributed by atoms with Crippen LogP contribution in [0.2, 0.25) is 0 Å². The van der Waals surface area contributed by atoms with E-state index < -0.39 is 0 Å². The second kappa shape index (κ2) is 6.16. The number of oxime groups is 1. The molecule has 0 unspecified atom stereocenters. The van der Waals surface area contributed by atoms with E-state index in [9.17, 15) is 0 Å². The van der Waals surface area contributed by atoms with Gasteiger partial charge in [0.05, 0.1) is 18.9 Å². The van der Waals surface area contributed by atoms with E-state index in [1.165, 1.54) is 7.11 Å². The highest BCUT2D eigenvalue weighted by Gasteiger charge is 1.94. The lowest BCUT2D eigenvalue weighted by atomic mass is 10.2. The largest absolute Gasteiger partial charge is 0.399 e. The van der Waals surface area contributed by atoms with Crippen LogP contribution in [0, 0.1) is 0 Å². The van der Waals surface area contributed by atoms with Crippen LogP contribution in [0.25, 0.3) is 0 Å². The molecule has 0 saturated heterocycles. The average molecular weight is 193 g/mol. The molecule has 0 aliphatic carbocycles. The van der Waals surface area contributed by atoms with Gasteiger partial charge in [-0.15, -0.1) is 0 Å². The highest BCUT2D eigenvalue weighted by atomic mass is 16.6. The molecular formula is C11H15NO2. The van der Waals surface area contributed by atoms with E-state index in [0.717, 1.165) is 11.3 Å². The van der Waals surface area contributed by atoms with E-state index in [-0.39, 0.29) is 0 Å². The SMILES string of the molecule is CON=C(C)COCc1ccccc1. The molecule has 3 heteroatoms. The van der Waals surface area contributed by atoms with E-state index in [1.54, 1.807) is 0 Å². The van der Waals surface area contributed by atoms with Gasteiger partial charge in [0.15, 0.2) is 0 Å². The Balaban J connectivity index is 2.25. The zero-order chi connectivity index (χ0) is 10.2. The molecule has 0 aliphatic heterocycles. The Morgan fingerprint density at radius 3 is 2.64 bits per heavy atom. The van der Waals surface area contributed by atoms with Gasteiger partial charge in [0.1, 0.15) is 7.11 Å². The number of hydrogen-bond donors (Lipinski definition) is 0. The zero-order valence-electron chi connectivity index (χ0n) is 8.56. The van der Waals surface area contributed by atoms with Gasteiger partial charge in [-0.05, 0) is 12.5 Å². The quantitative estimate of drug-likeness (QED) is 0.530. The Kier molecular flexibility index (Phi) is 4.72. The van der Waals surface area contributed by atoms with Crippen molar-refractivity contribution in [3.63, 3.8) is 0 Å². The van der Waals surface area contributed by atoms with Crippen LogP contribution in [-0.2, 0) is 16.2 Å². The Morgan fingerprint density at radius 2 is 2.00 bits per heavy atom. The van der Waals surface area contributed by atoms with Gasteiger partial charge in [0.25, 0.3) is 0 Å². The summed E-state index contributed by atoms with van der Waals surface area (Å²) >= 11 is 0. The van der Waals surface area contributed by atoms with Crippen LogP contribution in [0.5, 0.6) is 0 Å². The van der Waals surface area contributed by atoms with Gasteiger partial charge in [0, 0.05) is 0 Å². The molecule has 1 rings (SSSR count). The van der Waals surface area contributed by atoms with Crippen LogP contribution in [-0.4, -0.2) is 19.4 Å². The second-order valence-electron chi connectivity index (χ2n) is 2.99. The summed E-state index contributed by atoms with van der Waals surface area (Å²) in [5.74, 6) is 0. The Bertz CT molecular complexity index is 283. The highest BCUT2D eigenvalue weighted by molar-refractivity contribution is 5.82. The summed E-state index contributed by atoms with van der Waals surface area (Å²) in [7, 11) is 1.53. The molecule has 0 bridgehead atoms. The van der Waals surface area contributed by atoms with E-state index in [2.05, 4.69) is 9.99 Å². The van der Waals surface area contributed by atoms with Crippen LogP contribution < -0.4 is 0 Å². The standard InChI is InChI=1S/C11H15NO2/c1-10(12-13-2)8-14-9-11-6-4-3-5-7-11/h3-7H,8-9H2,1-2H3. The molecule has 0 aromatic heterocycles. The number of nitrogens with zero attached hydrogens (tertiary/aromatic N) is 1. The molecule has 1 aromatic carbocycles. The Hall–Kier alpha value is -1.35. The average Bonchev–Trinajstić information content (AvgIpc) is 2.20. The molecule has 0 saturated carbocycles. The maximum atomic E-state index is 5.42. The fourth-order valence-electron chi connectivity index (χ4n) is 1.07. The molecular weight excluding hydrogens is 178 g/mol. The molecule has 76 valence electrons.